The summed E-state index contributed by atoms with van der Waals surface area (Å²) in [6.45, 7) is 3.67. The summed E-state index contributed by atoms with van der Waals surface area (Å²) in [6, 6.07) is 0. The Hall–Kier alpha value is -2.32. The lowest BCUT2D eigenvalue weighted by Gasteiger charge is -2.29. The van der Waals surface area contributed by atoms with E-state index in [-0.39, 0.29) is 37.9 Å². The molecule has 2 heterocycles. The number of aromatic nitrogens is 2. The Morgan fingerprint density at radius 3 is 2.73 bits per heavy atom. The molecule has 120 valence electrons. The number of hydrogen-bond acceptors (Lipinski definition) is 3. The van der Waals surface area contributed by atoms with Crippen LogP contribution >= 0.6 is 0 Å². The third kappa shape index (κ3) is 3.29. The van der Waals surface area contributed by atoms with Crippen LogP contribution < -0.4 is 0 Å². The van der Waals surface area contributed by atoms with Crippen molar-refractivity contribution in [2.75, 3.05) is 20.1 Å². The van der Waals surface area contributed by atoms with Gasteiger partial charge in [-0.25, -0.2) is 4.98 Å². The van der Waals surface area contributed by atoms with Crippen molar-refractivity contribution in [3.8, 4) is 0 Å². The maximum absolute atomic E-state index is 12.6. The zero-order valence-corrected chi connectivity index (χ0v) is 11.9. The number of likely N-dealkylation sites (N-methyl/N-ethyl adjacent to an activating group) is 1. The van der Waals surface area contributed by atoms with Crippen LogP contribution in [0.2, 0.25) is 0 Å². The summed E-state index contributed by atoms with van der Waals surface area (Å²) < 4.78 is 39.3. The highest BCUT2D eigenvalue weighted by molar-refractivity contribution is 5.90. The van der Waals surface area contributed by atoms with Gasteiger partial charge in [0.25, 0.3) is 0 Å². The van der Waals surface area contributed by atoms with Gasteiger partial charge in [0.05, 0.1) is 13.1 Å². The minimum Gasteiger partial charge on any atom is -0.333 e. The zero-order valence-electron chi connectivity index (χ0n) is 11.9. The van der Waals surface area contributed by atoms with Crippen molar-refractivity contribution in [3.63, 3.8) is 0 Å². The van der Waals surface area contributed by atoms with Crippen molar-refractivity contribution < 1.29 is 22.8 Å². The van der Waals surface area contributed by atoms with Gasteiger partial charge in [0.2, 0.25) is 11.8 Å². The summed E-state index contributed by atoms with van der Waals surface area (Å²) in [7, 11) is 1.45. The second-order valence-corrected chi connectivity index (χ2v) is 4.95. The molecule has 0 saturated carbocycles. The highest BCUT2D eigenvalue weighted by Crippen LogP contribution is 2.29. The van der Waals surface area contributed by atoms with Crippen LogP contribution in [0.1, 0.15) is 11.5 Å². The van der Waals surface area contributed by atoms with Crippen LogP contribution in [0.3, 0.4) is 0 Å². The summed E-state index contributed by atoms with van der Waals surface area (Å²) in [4.78, 5) is 29.5. The lowest BCUT2D eigenvalue weighted by Crippen LogP contribution is -2.44. The highest BCUT2D eigenvalue weighted by Gasteiger charge is 2.36. The van der Waals surface area contributed by atoms with Crippen LogP contribution in [-0.2, 0) is 28.9 Å². The Labute approximate surface area is 124 Å². The number of halogens is 3. The molecule has 1 aromatic heterocycles. The van der Waals surface area contributed by atoms with Gasteiger partial charge < -0.3 is 14.4 Å². The van der Waals surface area contributed by atoms with E-state index in [2.05, 4.69) is 11.6 Å². The van der Waals surface area contributed by atoms with Crippen LogP contribution in [-0.4, -0.2) is 51.3 Å². The molecule has 9 heteroatoms. The monoisotopic (exact) mass is 316 g/mol. The minimum absolute atomic E-state index is 0.00890. The fraction of sp³-hybridized carbons (Fsp3) is 0.462. The first-order valence-corrected chi connectivity index (χ1v) is 6.51. The predicted molar refractivity (Wildman–Crippen MR) is 70.5 cm³/mol. The molecule has 0 aliphatic carbocycles. The van der Waals surface area contributed by atoms with Gasteiger partial charge in [0.15, 0.2) is 5.69 Å². The van der Waals surface area contributed by atoms with E-state index in [1.807, 2.05) is 0 Å². The number of fused-ring (bicyclic) bond motifs is 1. The molecule has 0 saturated heterocycles. The molecule has 2 rings (SSSR count). The third-order valence-corrected chi connectivity index (χ3v) is 3.37. The zero-order chi connectivity index (χ0) is 16.5. The maximum Gasteiger partial charge on any atom is 0.434 e. The fourth-order valence-electron chi connectivity index (χ4n) is 2.14. The summed E-state index contributed by atoms with van der Waals surface area (Å²) in [5, 5.41) is 0. The van der Waals surface area contributed by atoms with Gasteiger partial charge in [0.1, 0.15) is 5.82 Å². The quantitative estimate of drug-likeness (QED) is 0.778. The molecule has 0 radical (unpaired) electrons. The predicted octanol–water partition coefficient (Wildman–Crippen LogP) is 0.889. The molecule has 0 spiro atoms. The molecule has 0 N–H and O–H groups in total. The average molecular weight is 316 g/mol. The second-order valence-electron chi connectivity index (χ2n) is 4.95. The summed E-state index contributed by atoms with van der Waals surface area (Å²) >= 11 is 0. The molecule has 1 aliphatic rings. The van der Waals surface area contributed by atoms with Crippen LogP contribution in [0, 0.1) is 0 Å². The van der Waals surface area contributed by atoms with Crippen molar-refractivity contribution in [2.24, 2.45) is 0 Å². The standard InChI is InChI=1S/C13H15F3N4O2/c1-3-11(21)18(2)8-12(22)20-5-4-19-6-9(13(14,15)16)17-10(19)7-20/h3,6H,1,4-5,7-8H2,2H3. The van der Waals surface area contributed by atoms with Crippen molar-refractivity contribution in [2.45, 2.75) is 19.3 Å². The Morgan fingerprint density at radius 2 is 2.14 bits per heavy atom. The molecule has 0 aromatic carbocycles. The van der Waals surface area contributed by atoms with Gasteiger partial charge in [-0.2, -0.15) is 13.2 Å². The van der Waals surface area contributed by atoms with Crippen molar-refractivity contribution in [3.05, 3.63) is 30.4 Å². The molecular weight excluding hydrogens is 301 g/mol. The fourth-order valence-corrected chi connectivity index (χ4v) is 2.14. The first kappa shape index (κ1) is 16.1. The van der Waals surface area contributed by atoms with Crippen LogP contribution in [0.25, 0.3) is 0 Å². The topological polar surface area (TPSA) is 58.4 Å². The number of carbonyl (C=O) groups excluding carboxylic acids is 2. The van der Waals surface area contributed by atoms with E-state index >= 15 is 0 Å². The van der Waals surface area contributed by atoms with Crippen molar-refractivity contribution in [1.82, 2.24) is 19.4 Å². The molecule has 0 fully saturated rings. The van der Waals surface area contributed by atoms with Gasteiger partial charge in [0, 0.05) is 26.3 Å². The number of rotatable bonds is 3. The molecule has 0 unspecified atom stereocenters. The molecule has 1 aliphatic heterocycles. The molecule has 22 heavy (non-hydrogen) atoms. The first-order valence-electron chi connectivity index (χ1n) is 6.51. The Morgan fingerprint density at radius 1 is 1.45 bits per heavy atom. The average Bonchev–Trinajstić information content (AvgIpc) is 2.89. The van der Waals surface area contributed by atoms with Gasteiger partial charge in [-0.05, 0) is 6.08 Å². The summed E-state index contributed by atoms with van der Waals surface area (Å²) in [5.41, 5.74) is -0.962. The molecule has 0 atom stereocenters. The van der Waals surface area contributed by atoms with E-state index in [1.54, 1.807) is 0 Å². The van der Waals surface area contributed by atoms with E-state index in [0.29, 0.717) is 0 Å². The number of hydrogen-bond donors (Lipinski definition) is 0. The van der Waals surface area contributed by atoms with Gasteiger partial charge in [-0.15, -0.1) is 0 Å². The Bertz CT molecular complexity index is 609. The third-order valence-electron chi connectivity index (χ3n) is 3.37. The molecule has 0 bridgehead atoms. The second kappa shape index (κ2) is 5.82. The van der Waals surface area contributed by atoms with Gasteiger partial charge >= 0.3 is 6.18 Å². The smallest absolute Gasteiger partial charge is 0.333 e. The number of alkyl halides is 3. The number of imidazole rings is 1. The normalized spacial score (nSPS) is 14.5. The molecule has 2 amide bonds. The maximum atomic E-state index is 12.6. The van der Waals surface area contributed by atoms with E-state index in [1.165, 1.54) is 21.4 Å². The van der Waals surface area contributed by atoms with Gasteiger partial charge in [-0.3, -0.25) is 9.59 Å². The molecular formula is C13H15F3N4O2. The highest BCUT2D eigenvalue weighted by atomic mass is 19.4. The van der Waals surface area contributed by atoms with E-state index < -0.39 is 17.8 Å². The lowest BCUT2D eigenvalue weighted by atomic mass is 10.3. The minimum atomic E-state index is -4.50. The van der Waals surface area contributed by atoms with Crippen molar-refractivity contribution >= 4 is 11.8 Å². The van der Waals surface area contributed by atoms with E-state index in [0.717, 1.165) is 12.3 Å². The summed E-state index contributed by atoms with van der Waals surface area (Å²) in [6.07, 6.45) is -2.47. The van der Waals surface area contributed by atoms with Crippen LogP contribution in [0.5, 0.6) is 0 Å². The number of nitrogens with zero attached hydrogens (tertiary/aromatic N) is 4. The number of amides is 2. The van der Waals surface area contributed by atoms with Crippen LogP contribution in [0.4, 0.5) is 13.2 Å². The number of carbonyl (C=O) groups is 2. The molecule has 1 aromatic rings. The van der Waals surface area contributed by atoms with Crippen LogP contribution in [0.15, 0.2) is 18.9 Å². The SMILES string of the molecule is C=CC(=O)N(C)CC(=O)N1CCn2cc(C(F)(F)F)nc2C1. The summed E-state index contributed by atoms with van der Waals surface area (Å²) in [5.74, 6) is -0.559. The van der Waals surface area contributed by atoms with Crippen molar-refractivity contribution in [1.29, 1.82) is 0 Å². The Balaban J connectivity index is 2.05. The van der Waals surface area contributed by atoms with Gasteiger partial charge in [-0.1, -0.05) is 6.58 Å². The van der Waals surface area contributed by atoms with E-state index in [4.69, 9.17) is 0 Å². The Kier molecular flexibility index (Phi) is 4.25. The molecule has 6 nitrogen and oxygen atoms in total. The largest absolute Gasteiger partial charge is 0.434 e. The lowest BCUT2D eigenvalue weighted by molar-refractivity contribution is -0.141. The van der Waals surface area contributed by atoms with E-state index in [9.17, 15) is 22.8 Å². The first-order chi connectivity index (χ1) is 10.2.